The Morgan fingerprint density at radius 1 is 1.36 bits per heavy atom. The lowest BCUT2D eigenvalue weighted by Crippen LogP contribution is -2.45. The lowest BCUT2D eigenvalue weighted by Gasteiger charge is -2.35. The number of hydrogen-bond donors (Lipinski definition) is 2. The molecule has 0 amide bonds. The summed E-state index contributed by atoms with van der Waals surface area (Å²) in [4.78, 5) is 2.29. The fourth-order valence-electron chi connectivity index (χ4n) is 2.76. The van der Waals surface area contributed by atoms with Crippen LogP contribution >= 0.6 is 24.8 Å². The second-order valence-corrected chi connectivity index (χ2v) is 5.06. The van der Waals surface area contributed by atoms with Crippen molar-refractivity contribution in [1.29, 1.82) is 5.26 Å². The smallest absolute Gasteiger partial charge is 0.144 e. The summed E-state index contributed by atoms with van der Waals surface area (Å²) in [7, 11) is 0. The highest BCUT2D eigenvalue weighted by atomic mass is 35.5. The Bertz CT molecular complexity index is 516. The van der Waals surface area contributed by atoms with Crippen LogP contribution < -0.4 is 5.32 Å². The summed E-state index contributed by atoms with van der Waals surface area (Å²) < 4.78 is 13.5. The van der Waals surface area contributed by atoms with E-state index in [1.807, 2.05) is 0 Å². The number of halogens is 3. The first-order valence-corrected chi connectivity index (χ1v) is 7.05. The van der Waals surface area contributed by atoms with Gasteiger partial charge in [0.1, 0.15) is 23.2 Å². The van der Waals surface area contributed by atoms with Gasteiger partial charge in [-0.1, -0.05) is 19.4 Å². The van der Waals surface area contributed by atoms with E-state index in [9.17, 15) is 9.50 Å². The van der Waals surface area contributed by atoms with E-state index in [1.54, 1.807) is 12.1 Å². The second-order valence-electron chi connectivity index (χ2n) is 5.06. The van der Waals surface area contributed by atoms with Crippen LogP contribution in [0.5, 0.6) is 5.75 Å². The lowest BCUT2D eigenvalue weighted by molar-refractivity contribution is 0.162. The van der Waals surface area contributed by atoms with Gasteiger partial charge in [-0.2, -0.15) is 5.26 Å². The molecule has 22 heavy (non-hydrogen) atoms. The highest BCUT2D eigenvalue weighted by Crippen LogP contribution is 2.35. The number of nitrogens with zero attached hydrogens (tertiary/aromatic N) is 2. The first kappa shape index (κ1) is 20.9. The molecule has 124 valence electrons. The molecule has 1 aromatic carbocycles. The quantitative estimate of drug-likeness (QED) is 0.877. The summed E-state index contributed by atoms with van der Waals surface area (Å²) in [6, 6.07) is 4.67. The molecule has 0 aliphatic carbocycles. The van der Waals surface area contributed by atoms with E-state index in [1.165, 1.54) is 6.07 Å². The summed E-state index contributed by atoms with van der Waals surface area (Å²) in [5, 5.41) is 22.5. The molecule has 0 saturated carbocycles. The molecule has 7 heteroatoms. The van der Waals surface area contributed by atoms with Crippen LogP contribution in [0.25, 0.3) is 0 Å². The maximum atomic E-state index is 13.5. The monoisotopic (exact) mass is 349 g/mol. The third kappa shape index (κ3) is 4.47. The molecule has 1 aromatic rings. The standard InChI is InChI=1S/C15H20FN3O.2ClH/c1-2-3-14(19-8-6-18-7-9-19)11-4-5-13(16)12(10-17)15(11)20;;/h4-5,14,18,20H,2-3,6-9H2,1H3;2*1H/t14-;;/m1../s1. The van der Waals surface area contributed by atoms with Gasteiger partial charge >= 0.3 is 0 Å². The minimum atomic E-state index is -0.663. The molecule has 2 rings (SSSR count). The van der Waals surface area contributed by atoms with Crippen molar-refractivity contribution < 1.29 is 9.50 Å². The molecular weight excluding hydrogens is 328 g/mol. The van der Waals surface area contributed by atoms with Crippen LogP contribution in [0, 0.1) is 17.1 Å². The molecule has 1 fully saturated rings. The molecule has 0 radical (unpaired) electrons. The highest BCUT2D eigenvalue weighted by Gasteiger charge is 2.25. The average Bonchev–Trinajstić information content (AvgIpc) is 2.47. The first-order valence-electron chi connectivity index (χ1n) is 7.05. The van der Waals surface area contributed by atoms with Crippen molar-refractivity contribution in [3.8, 4) is 11.8 Å². The van der Waals surface area contributed by atoms with Crippen molar-refractivity contribution in [3.05, 3.63) is 29.1 Å². The van der Waals surface area contributed by atoms with E-state index in [0.29, 0.717) is 5.56 Å². The van der Waals surface area contributed by atoms with Gasteiger partial charge in [-0.25, -0.2) is 4.39 Å². The molecule has 1 aliphatic rings. The van der Waals surface area contributed by atoms with Gasteiger partial charge in [0, 0.05) is 37.8 Å². The second kappa shape index (κ2) is 9.86. The van der Waals surface area contributed by atoms with E-state index in [-0.39, 0.29) is 42.2 Å². The van der Waals surface area contributed by atoms with Gasteiger partial charge < -0.3 is 10.4 Å². The zero-order chi connectivity index (χ0) is 14.5. The highest BCUT2D eigenvalue weighted by molar-refractivity contribution is 5.85. The Balaban J connectivity index is 0.00000220. The normalized spacial score (nSPS) is 16.0. The van der Waals surface area contributed by atoms with E-state index in [4.69, 9.17) is 5.26 Å². The van der Waals surface area contributed by atoms with Crippen LogP contribution in [0.15, 0.2) is 12.1 Å². The van der Waals surface area contributed by atoms with Crippen molar-refractivity contribution in [1.82, 2.24) is 10.2 Å². The number of rotatable bonds is 4. The molecule has 1 saturated heterocycles. The Kier molecular flexibility index (Phi) is 9.38. The summed E-state index contributed by atoms with van der Waals surface area (Å²) in [5.41, 5.74) is 0.408. The molecule has 2 N–H and O–H groups in total. The fourth-order valence-corrected chi connectivity index (χ4v) is 2.76. The third-order valence-corrected chi connectivity index (χ3v) is 3.78. The maximum Gasteiger partial charge on any atom is 0.144 e. The fraction of sp³-hybridized carbons (Fsp3) is 0.533. The molecule has 1 atom stereocenters. The predicted octanol–water partition coefficient (Wildman–Crippen LogP) is 2.99. The number of phenolic OH excluding ortho intramolecular Hbond substituents is 1. The number of benzene rings is 1. The Morgan fingerprint density at radius 3 is 2.55 bits per heavy atom. The predicted molar refractivity (Wildman–Crippen MR) is 89.4 cm³/mol. The van der Waals surface area contributed by atoms with Gasteiger partial charge in [-0.05, 0) is 12.5 Å². The molecule has 1 aliphatic heterocycles. The Labute approximate surface area is 143 Å². The topological polar surface area (TPSA) is 59.3 Å². The number of phenols is 1. The SMILES string of the molecule is CCC[C@H](c1ccc(F)c(C#N)c1O)N1CCNCC1.Cl.Cl. The largest absolute Gasteiger partial charge is 0.506 e. The molecule has 0 spiro atoms. The van der Waals surface area contributed by atoms with Crippen molar-refractivity contribution in [2.45, 2.75) is 25.8 Å². The number of nitriles is 1. The number of hydrogen-bond acceptors (Lipinski definition) is 4. The number of aromatic hydroxyl groups is 1. The minimum absolute atomic E-state index is 0. The first-order chi connectivity index (χ1) is 9.69. The molecule has 4 nitrogen and oxygen atoms in total. The van der Waals surface area contributed by atoms with Gasteiger partial charge in [0.25, 0.3) is 0 Å². The van der Waals surface area contributed by atoms with E-state index >= 15 is 0 Å². The van der Waals surface area contributed by atoms with Crippen molar-refractivity contribution in [3.63, 3.8) is 0 Å². The van der Waals surface area contributed by atoms with Gasteiger partial charge in [-0.15, -0.1) is 24.8 Å². The van der Waals surface area contributed by atoms with Crippen LogP contribution in [0.3, 0.4) is 0 Å². The van der Waals surface area contributed by atoms with Gasteiger partial charge in [-0.3, -0.25) is 4.90 Å². The van der Waals surface area contributed by atoms with Crippen LogP contribution in [-0.4, -0.2) is 36.2 Å². The Morgan fingerprint density at radius 2 is 2.00 bits per heavy atom. The third-order valence-electron chi connectivity index (χ3n) is 3.78. The molecule has 0 unspecified atom stereocenters. The maximum absolute atomic E-state index is 13.5. The Hall–Kier alpha value is -1.06. The van der Waals surface area contributed by atoms with Crippen molar-refractivity contribution >= 4 is 24.8 Å². The van der Waals surface area contributed by atoms with Gasteiger partial charge in [0.15, 0.2) is 0 Å². The van der Waals surface area contributed by atoms with Crippen LogP contribution in [-0.2, 0) is 0 Å². The van der Waals surface area contributed by atoms with Crippen molar-refractivity contribution in [2.24, 2.45) is 0 Å². The summed E-state index contributed by atoms with van der Waals surface area (Å²) >= 11 is 0. The summed E-state index contributed by atoms with van der Waals surface area (Å²) in [6.45, 7) is 5.69. The van der Waals surface area contributed by atoms with Gasteiger partial charge in [0.05, 0.1) is 0 Å². The molecular formula is C15H22Cl2FN3O. The van der Waals surface area contributed by atoms with E-state index in [2.05, 4.69) is 17.1 Å². The summed E-state index contributed by atoms with van der Waals surface area (Å²) in [5.74, 6) is -0.867. The van der Waals surface area contributed by atoms with Crippen LogP contribution in [0.1, 0.15) is 36.9 Å². The van der Waals surface area contributed by atoms with Crippen LogP contribution in [0.2, 0.25) is 0 Å². The van der Waals surface area contributed by atoms with E-state index in [0.717, 1.165) is 39.0 Å². The average molecular weight is 350 g/mol. The number of piperazine rings is 1. The lowest BCUT2D eigenvalue weighted by atomic mass is 9.96. The van der Waals surface area contributed by atoms with E-state index < -0.39 is 5.82 Å². The molecule has 0 aromatic heterocycles. The zero-order valence-corrected chi connectivity index (χ0v) is 14.1. The number of nitrogens with one attached hydrogen (secondary N) is 1. The summed E-state index contributed by atoms with van der Waals surface area (Å²) in [6.07, 6.45) is 1.84. The zero-order valence-electron chi connectivity index (χ0n) is 12.5. The molecule has 1 heterocycles. The minimum Gasteiger partial charge on any atom is -0.506 e. The van der Waals surface area contributed by atoms with Crippen LogP contribution in [0.4, 0.5) is 4.39 Å². The van der Waals surface area contributed by atoms with Gasteiger partial charge in [0.2, 0.25) is 0 Å². The van der Waals surface area contributed by atoms with Crippen molar-refractivity contribution in [2.75, 3.05) is 26.2 Å². The molecule has 0 bridgehead atoms.